The van der Waals surface area contributed by atoms with Gasteiger partial charge in [-0.2, -0.15) is 20.5 Å². The fourth-order valence-corrected chi connectivity index (χ4v) is 13.7. The number of allylic oxidation sites excluding steroid dienone is 2. The van der Waals surface area contributed by atoms with Crippen molar-refractivity contribution in [3.8, 4) is 12.1 Å². The molecule has 2 aromatic heterocycles. The molecule has 0 bridgehead atoms. The summed E-state index contributed by atoms with van der Waals surface area (Å²) in [4.78, 5) is 60.1. The largest absolute Gasteiger partial charge is 0.390 e. The molecule has 0 saturated carbocycles. The quantitative estimate of drug-likeness (QED) is 0.0324. The lowest BCUT2D eigenvalue weighted by Gasteiger charge is -2.37. The molecule has 0 radical (unpaired) electrons. The lowest BCUT2D eigenvalue weighted by Crippen LogP contribution is -2.35. The number of aliphatic hydroxyl groups excluding tert-OH is 1. The lowest BCUT2D eigenvalue weighted by atomic mass is 10.1. The van der Waals surface area contributed by atoms with Crippen molar-refractivity contribution in [2.24, 2.45) is 11.8 Å². The van der Waals surface area contributed by atoms with Crippen molar-refractivity contribution in [2.45, 2.75) is 222 Å². The summed E-state index contributed by atoms with van der Waals surface area (Å²) in [6, 6.07) is 23.2. The summed E-state index contributed by atoms with van der Waals surface area (Å²) in [5.41, 5.74) is 1.14. The molecule has 488 valence electrons. The topological polar surface area (TPSA) is 248 Å². The van der Waals surface area contributed by atoms with E-state index in [1.165, 1.54) is 9.13 Å². The number of anilines is 2. The molecule has 2 amide bonds. The minimum Gasteiger partial charge on any atom is -0.390 e. The Balaban J connectivity index is 0.000000325. The van der Waals surface area contributed by atoms with Crippen molar-refractivity contribution in [3.05, 3.63) is 128 Å². The van der Waals surface area contributed by atoms with Crippen molar-refractivity contribution >= 4 is 52.4 Å². The number of nitriles is 2. The molecule has 0 spiro atoms. The molecular formula is C67H100N10O10P2. The van der Waals surface area contributed by atoms with Crippen molar-refractivity contribution in [2.75, 3.05) is 30.5 Å². The number of aliphatic hydroxyl groups is 1. The monoisotopic (exact) mass is 1270 g/mol. The third kappa shape index (κ3) is 24.7. The van der Waals surface area contributed by atoms with Crippen LogP contribution in [0, 0.1) is 34.5 Å². The Kier molecular flexibility index (Phi) is 33.5. The zero-order valence-electron chi connectivity index (χ0n) is 55.2. The first kappa shape index (κ1) is 75.6. The van der Waals surface area contributed by atoms with Gasteiger partial charge >= 0.3 is 11.4 Å². The summed E-state index contributed by atoms with van der Waals surface area (Å²) in [6.07, 6.45) is 15.1. The van der Waals surface area contributed by atoms with Gasteiger partial charge in [-0.05, 0) is 137 Å². The first-order valence-electron chi connectivity index (χ1n) is 31.5. The second kappa shape index (κ2) is 39.4. The van der Waals surface area contributed by atoms with Crippen LogP contribution < -0.4 is 22.0 Å². The van der Waals surface area contributed by atoms with Crippen LogP contribution in [0.3, 0.4) is 0 Å². The van der Waals surface area contributed by atoms with Crippen LogP contribution in [0.5, 0.6) is 0 Å². The minimum absolute atomic E-state index is 0.164. The number of ether oxygens (including phenoxy) is 2. The molecule has 0 aliphatic carbocycles. The van der Waals surface area contributed by atoms with Crippen molar-refractivity contribution in [1.29, 1.82) is 10.5 Å². The van der Waals surface area contributed by atoms with E-state index in [4.69, 9.17) is 33.6 Å². The molecule has 89 heavy (non-hydrogen) atoms. The fraction of sp³-hybridized carbons (Fsp3) is 0.582. The van der Waals surface area contributed by atoms with Gasteiger partial charge in [-0.1, -0.05) is 102 Å². The number of carbonyl (C=O) groups is 2. The smallest absolute Gasteiger partial charge is 0.351 e. The maximum Gasteiger partial charge on any atom is 0.351 e. The Labute approximate surface area is 531 Å². The van der Waals surface area contributed by atoms with Crippen LogP contribution in [-0.2, 0) is 23.0 Å². The predicted octanol–water partition coefficient (Wildman–Crippen LogP) is 14.3. The SMILES string of the molecule is CC(C)N(C(C)C)P(C)OCCC#N.CC[C@H]1O[C@@H](n2cc(/C=C/CCC(C)C)c(NC(=O)c3ccccc3)nc2=O)CC1O.CC[C@H]1O[C@@H](n2cc(/C=C/CCC(C)C)c(NC(=O)c3ccccc3)nc2=O)CC1OP(OCCC#N)N(C(C)C)C(C)C. The number of carbonyl (C=O) groups excluding carboxylic acids is 2. The number of amides is 2. The summed E-state index contributed by atoms with van der Waals surface area (Å²) >= 11 is 0. The zero-order chi connectivity index (χ0) is 65.7. The van der Waals surface area contributed by atoms with E-state index in [0.29, 0.717) is 84.9 Å². The normalized spacial score (nSPS) is 19.1. The summed E-state index contributed by atoms with van der Waals surface area (Å²) in [6.45, 7) is 32.6. The van der Waals surface area contributed by atoms with Gasteiger partial charge in [0.05, 0.1) is 62.6 Å². The highest BCUT2D eigenvalue weighted by molar-refractivity contribution is 7.49. The van der Waals surface area contributed by atoms with Gasteiger partial charge in [-0.25, -0.2) is 14.3 Å². The molecule has 22 heteroatoms. The number of benzene rings is 2. The minimum atomic E-state index is -1.47. The van der Waals surface area contributed by atoms with E-state index in [2.05, 4.69) is 132 Å². The summed E-state index contributed by atoms with van der Waals surface area (Å²) in [5, 5.41) is 33.2. The van der Waals surface area contributed by atoms with Crippen molar-refractivity contribution in [3.63, 3.8) is 0 Å². The number of rotatable bonds is 30. The number of nitrogens with zero attached hydrogens (tertiary/aromatic N) is 8. The molecule has 6 rings (SSSR count). The third-order valence-electron chi connectivity index (χ3n) is 14.5. The molecule has 4 aromatic rings. The van der Waals surface area contributed by atoms with Crippen LogP contribution in [0.25, 0.3) is 12.2 Å². The van der Waals surface area contributed by atoms with Crippen LogP contribution in [0.4, 0.5) is 11.6 Å². The van der Waals surface area contributed by atoms with Gasteiger partial charge in [0.15, 0.2) is 0 Å². The van der Waals surface area contributed by atoms with E-state index in [-0.39, 0.29) is 66.9 Å². The van der Waals surface area contributed by atoms with Crippen LogP contribution in [-0.4, -0.2) is 114 Å². The predicted molar refractivity (Wildman–Crippen MR) is 357 cm³/mol. The highest BCUT2D eigenvalue weighted by Gasteiger charge is 2.41. The van der Waals surface area contributed by atoms with Gasteiger partial charge in [0.2, 0.25) is 0 Å². The Hall–Kier alpha value is -5.86. The second-order valence-corrected chi connectivity index (χ2v) is 27.0. The molecule has 4 heterocycles. The maximum absolute atomic E-state index is 13.4. The standard InChI is InChI=1S/C33H48N5O5P.C24H31N3O4.C10H21N2OP/c1-8-28-29(43-44(41-20-14-19-34)38(24(4)5)25(6)7)21-30(42-28)37-22-27(18-13-12-15-23(2)3)31(36-33(37)40)35-32(39)26-16-10-9-11-17-26;1-4-20-19(28)14-21(31-20)27-15-18(13-9-8-10-16(2)3)22(26-24(27)30)25-23(29)17-11-6-5-7-12-17;1-9(2)12(10(3)4)14(5)13-8-6-7-11/h9-11,13,16-18,22-25,28-30H,8,12,14-15,20-21H2,1-7H3,(H,35,36,39,40);5-7,9,11-13,15-16,19-21,28H,4,8,10,14H2,1-3H3,(H,25,26,29,30);9-10H,6,8H2,1-5H3/b18-13+;13-9+;/t28-,29?,30-,44?;19?,20-,21-;/m11./s1. The van der Waals surface area contributed by atoms with Gasteiger partial charge in [-0.3, -0.25) is 23.4 Å². The highest BCUT2D eigenvalue weighted by Crippen LogP contribution is 2.50. The first-order chi connectivity index (χ1) is 42.4. The zero-order valence-corrected chi connectivity index (χ0v) is 57.0. The average Bonchev–Trinajstić information content (AvgIpc) is 2.02. The van der Waals surface area contributed by atoms with Gasteiger partial charge < -0.3 is 38.8 Å². The third-order valence-corrected chi connectivity index (χ3v) is 18.8. The summed E-state index contributed by atoms with van der Waals surface area (Å²) in [7, 11) is -2.02. The van der Waals surface area contributed by atoms with Gasteiger partial charge in [0.1, 0.15) is 32.4 Å². The second-order valence-electron chi connectivity index (χ2n) is 23.9. The van der Waals surface area contributed by atoms with Crippen LogP contribution in [0.15, 0.2) is 94.8 Å². The Bertz CT molecular complexity index is 3020. The van der Waals surface area contributed by atoms with E-state index in [1.54, 1.807) is 60.9 Å². The fourth-order valence-electron chi connectivity index (χ4n) is 10.2. The lowest BCUT2D eigenvalue weighted by molar-refractivity contribution is -0.0217. The Morgan fingerprint density at radius 2 is 1.08 bits per heavy atom. The van der Waals surface area contributed by atoms with E-state index in [0.717, 1.165) is 25.7 Å². The van der Waals surface area contributed by atoms with Gasteiger partial charge in [0, 0.05) is 71.7 Å². The van der Waals surface area contributed by atoms with Crippen LogP contribution in [0.2, 0.25) is 0 Å². The summed E-state index contributed by atoms with van der Waals surface area (Å²) < 4.78 is 38.1. The molecule has 2 saturated heterocycles. The molecule has 20 nitrogen and oxygen atoms in total. The van der Waals surface area contributed by atoms with E-state index in [1.807, 2.05) is 50.3 Å². The van der Waals surface area contributed by atoms with Crippen LogP contribution in [0.1, 0.15) is 205 Å². The number of nitrogens with one attached hydrogen (secondary N) is 2. The highest BCUT2D eigenvalue weighted by atomic mass is 31.2. The Morgan fingerprint density at radius 3 is 1.47 bits per heavy atom. The first-order valence-corrected chi connectivity index (χ1v) is 34.3. The van der Waals surface area contributed by atoms with Crippen molar-refractivity contribution < 1.29 is 37.7 Å². The number of hydrogen-bond donors (Lipinski definition) is 3. The van der Waals surface area contributed by atoms with E-state index in [9.17, 15) is 24.3 Å². The number of hydrogen-bond acceptors (Lipinski definition) is 16. The summed E-state index contributed by atoms with van der Waals surface area (Å²) in [5.74, 6) is 0.872. The molecule has 2 aliphatic rings. The van der Waals surface area contributed by atoms with Crippen molar-refractivity contribution in [1.82, 2.24) is 28.4 Å². The van der Waals surface area contributed by atoms with E-state index >= 15 is 0 Å². The molecule has 4 unspecified atom stereocenters. The van der Waals surface area contributed by atoms with Gasteiger partial charge in [0.25, 0.3) is 20.3 Å². The maximum atomic E-state index is 13.4. The molecule has 8 atom stereocenters. The molecular weight excluding hydrogens is 1170 g/mol. The van der Waals surface area contributed by atoms with Gasteiger partial charge in [-0.15, -0.1) is 0 Å². The van der Waals surface area contributed by atoms with E-state index < -0.39 is 46.8 Å². The average molecular weight is 1270 g/mol. The molecule has 2 aromatic carbocycles. The molecule has 3 N–H and O–H groups in total. The molecule has 2 aliphatic heterocycles. The molecule has 2 fully saturated rings. The Morgan fingerprint density at radius 1 is 0.663 bits per heavy atom. The number of aromatic nitrogens is 4. The van der Waals surface area contributed by atoms with Crippen LogP contribution >= 0.6 is 16.8 Å².